The predicted molar refractivity (Wildman–Crippen MR) is 40.4 cm³/mol. The van der Waals surface area contributed by atoms with Crippen LogP contribution in [0.25, 0.3) is 0 Å². The Balaban J connectivity index is 2.29. The van der Waals surface area contributed by atoms with Gasteiger partial charge in [0.1, 0.15) is 0 Å². The molecule has 7 heteroatoms. The highest BCUT2D eigenvalue weighted by Crippen LogP contribution is 2.08. The Kier molecular flexibility index (Phi) is 3.02. The molecule has 0 amide bonds. The summed E-state index contributed by atoms with van der Waals surface area (Å²) in [5.74, 6) is 0.485. The van der Waals surface area contributed by atoms with E-state index in [1.54, 1.807) is 0 Å². The largest absolute Gasteiger partial charge is 0.435 e. The molecule has 0 saturated carbocycles. The fourth-order valence-electron chi connectivity index (χ4n) is 0.686. The van der Waals surface area contributed by atoms with Crippen LogP contribution in [0.1, 0.15) is 20.3 Å². The van der Waals surface area contributed by atoms with Gasteiger partial charge in [-0.05, 0) is 12.3 Å². The van der Waals surface area contributed by atoms with Gasteiger partial charge in [-0.2, -0.15) is 8.42 Å². The predicted octanol–water partition coefficient (Wildman–Crippen LogP) is -0.0393. The number of nitrogens with zero attached hydrogens (tertiary/aromatic N) is 1. The Morgan fingerprint density at radius 3 is 2.58 bits per heavy atom. The van der Waals surface area contributed by atoms with Crippen LogP contribution in [0.5, 0.6) is 0 Å². The maximum atomic E-state index is 10.5. The summed E-state index contributed by atoms with van der Waals surface area (Å²) in [5, 5.41) is 1.05. The highest BCUT2D eigenvalue weighted by molar-refractivity contribution is 7.81. The molecule has 72 valence electrons. The molecule has 12 heavy (non-hydrogen) atoms. The first-order chi connectivity index (χ1) is 5.49. The van der Waals surface area contributed by atoms with Gasteiger partial charge in [-0.3, -0.25) is 0 Å². The molecule has 1 saturated heterocycles. The van der Waals surface area contributed by atoms with Gasteiger partial charge >= 0.3 is 10.4 Å². The van der Waals surface area contributed by atoms with Crippen molar-refractivity contribution >= 4 is 10.4 Å². The van der Waals surface area contributed by atoms with Crippen LogP contribution < -0.4 is 5.59 Å². The van der Waals surface area contributed by atoms with Crippen molar-refractivity contribution in [3.63, 3.8) is 0 Å². The van der Waals surface area contributed by atoms with E-state index in [0.29, 0.717) is 12.5 Å². The maximum absolute atomic E-state index is 10.5. The lowest BCUT2D eigenvalue weighted by Crippen LogP contribution is -2.30. The van der Waals surface area contributed by atoms with Gasteiger partial charge in [-0.15, -0.1) is 8.57 Å². The molecule has 1 fully saturated rings. The van der Waals surface area contributed by atoms with Gasteiger partial charge in [0.05, 0.1) is 0 Å². The molecule has 1 aliphatic rings. The van der Waals surface area contributed by atoms with Crippen molar-refractivity contribution in [3.8, 4) is 0 Å². The lowest BCUT2D eigenvalue weighted by molar-refractivity contribution is -0.115. The zero-order chi connectivity index (χ0) is 9.19. The summed E-state index contributed by atoms with van der Waals surface area (Å²) in [5.41, 5.74) is 2.13. The van der Waals surface area contributed by atoms with E-state index in [0.717, 1.165) is 11.6 Å². The summed E-state index contributed by atoms with van der Waals surface area (Å²) < 4.78 is 29.6. The second-order valence-corrected chi connectivity index (χ2v) is 4.07. The lowest BCUT2D eigenvalue weighted by Gasteiger charge is -2.09. The second kappa shape index (κ2) is 3.67. The Labute approximate surface area is 71.7 Å². The molecule has 0 atom stereocenters. The normalized spacial score (nSPS) is 23.6. The van der Waals surface area contributed by atoms with Gasteiger partial charge in [-0.25, -0.2) is 0 Å². The lowest BCUT2D eigenvalue weighted by atomic mass is 10.1. The molecule has 0 unspecified atom stereocenters. The first kappa shape index (κ1) is 9.87. The average molecular weight is 196 g/mol. The summed E-state index contributed by atoms with van der Waals surface area (Å²) in [7, 11) is -3.83. The first-order valence-corrected chi connectivity index (χ1v) is 4.99. The molecule has 0 aromatic rings. The van der Waals surface area contributed by atoms with Gasteiger partial charge in [0, 0.05) is 6.54 Å². The number of hydrogen-bond donors (Lipinski definition) is 1. The van der Waals surface area contributed by atoms with Crippen molar-refractivity contribution in [1.82, 2.24) is 10.8 Å². The van der Waals surface area contributed by atoms with Gasteiger partial charge in [0.2, 0.25) is 0 Å². The van der Waals surface area contributed by atoms with Crippen LogP contribution in [-0.4, -0.2) is 20.1 Å². The molecule has 0 bridgehead atoms. The molecule has 0 spiro atoms. The summed E-state index contributed by atoms with van der Waals surface area (Å²) in [6.45, 7) is 4.54. The van der Waals surface area contributed by atoms with E-state index >= 15 is 0 Å². The first-order valence-electron chi connectivity index (χ1n) is 3.66. The van der Waals surface area contributed by atoms with Crippen molar-refractivity contribution in [2.75, 3.05) is 6.54 Å². The molecule has 6 nitrogen and oxygen atoms in total. The van der Waals surface area contributed by atoms with Crippen molar-refractivity contribution < 1.29 is 17.0 Å². The quantitative estimate of drug-likeness (QED) is 0.683. The van der Waals surface area contributed by atoms with E-state index in [1.165, 1.54) is 0 Å². The Morgan fingerprint density at radius 2 is 2.17 bits per heavy atom. The van der Waals surface area contributed by atoms with Crippen molar-refractivity contribution in [3.05, 3.63) is 0 Å². The van der Waals surface area contributed by atoms with Crippen molar-refractivity contribution in [2.24, 2.45) is 5.92 Å². The summed E-state index contributed by atoms with van der Waals surface area (Å²) in [6.07, 6.45) is 0.825. The van der Waals surface area contributed by atoms with Crippen LogP contribution in [0, 0.1) is 5.92 Å². The fourth-order valence-corrected chi connectivity index (χ4v) is 1.22. The molecule has 0 radical (unpaired) electrons. The SMILES string of the molecule is CC(C)CCN1NOS(=O)(=O)O1. The topological polar surface area (TPSA) is 67.9 Å². The van der Waals surface area contributed by atoms with E-state index < -0.39 is 10.4 Å². The fraction of sp³-hybridized carbons (Fsp3) is 1.00. The van der Waals surface area contributed by atoms with E-state index in [1.807, 2.05) is 13.8 Å². The second-order valence-electron chi connectivity index (χ2n) is 2.94. The molecular weight excluding hydrogens is 184 g/mol. The summed E-state index contributed by atoms with van der Waals surface area (Å²) in [4.78, 5) is 0. The van der Waals surface area contributed by atoms with E-state index in [4.69, 9.17) is 0 Å². The van der Waals surface area contributed by atoms with Crippen LogP contribution >= 0.6 is 0 Å². The van der Waals surface area contributed by atoms with E-state index in [-0.39, 0.29) is 0 Å². The minimum atomic E-state index is -3.83. The Hall–Kier alpha value is -0.210. The zero-order valence-electron chi connectivity index (χ0n) is 6.98. The van der Waals surface area contributed by atoms with Crippen molar-refractivity contribution in [2.45, 2.75) is 20.3 Å². The Bertz CT molecular complexity index is 238. The van der Waals surface area contributed by atoms with Gasteiger partial charge in [0.25, 0.3) is 0 Å². The third kappa shape index (κ3) is 3.03. The van der Waals surface area contributed by atoms with Crippen LogP contribution in [0.3, 0.4) is 0 Å². The highest BCUT2D eigenvalue weighted by atomic mass is 32.3. The van der Waals surface area contributed by atoms with Crippen LogP contribution in [0.2, 0.25) is 0 Å². The highest BCUT2D eigenvalue weighted by Gasteiger charge is 2.27. The molecule has 1 rings (SSSR count). The number of hydroxylamine groups is 1. The summed E-state index contributed by atoms with van der Waals surface area (Å²) >= 11 is 0. The molecule has 1 N–H and O–H groups in total. The van der Waals surface area contributed by atoms with Gasteiger partial charge < -0.3 is 0 Å². The third-order valence-electron chi connectivity index (χ3n) is 1.33. The van der Waals surface area contributed by atoms with Crippen LogP contribution in [-0.2, 0) is 19.0 Å². The minimum Gasteiger partial charge on any atom is -0.166 e. The zero-order valence-corrected chi connectivity index (χ0v) is 7.80. The molecule has 1 aliphatic heterocycles. The molecule has 0 aliphatic carbocycles. The third-order valence-corrected chi connectivity index (χ3v) is 1.97. The Morgan fingerprint density at radius 1 is 1.50 bits per heavy atom. The standard InChI is InChI=1S/C5H12N2O4S/c1-5(2)3-4-7-6-10-12(8,9)11-7/h5-6H,3-4H2,1-2H3. The summed E-state index contributed by atoms with van der Waals surface area (Å²) in [6, 6.07) is 0. The minimum absolute atomic E-state index is 0.469. The van der Waals surface area contributed by atoms with E-state index in [9.17, 15) is 8.42 Å². The molecule has 1 heterocycles. The maximum Gasteiger partial charge on any atom is 0.435 e. The molecule has 0 aromatic carbocycles. The van der Waals surface area contributed by atoms with E-state index in [2.05, 4.69) is 14.2 Å². The number of hydrazine groups is 1. The molecule has 0 aromatic heterocycles. The number of nitrogens with one attached hydrogen (secondary N) is 1. The van der Waals surface area contributed by atoms with Crippen LogP contribution in [0.15, 0.2) is 0 Å². The smallest absolute Gasteiger partial charge is 0.166 e. The van der Waals surface area contributed by atoms with Gasteiger partial charge in [0.15, 0.2) is 0 Å². The number of rotatable bonds is 3. The van der Waals surface area contributed by atoms with Crippen LogP contribution in [0.4, 0.5) is 0 Å². The number of hydrogen-bond acceptors (Lipinski definition) is 6. The molecular formula is C5H12N2O4S. The monoisotopic (exact) mass is 196 g/mol. The van der Waals surface area contributed by atoms with Crippen molar-refractivity contribution in [1.29, 1.82) is 0 Å². The average Bonchev–Trinajstić information content (AvgIpc) is 2.26. The van der Waals surface area contributed by atoms with Gasteiger partial charge in [-0.1, -0.05) is 24.6 Å².